The quantitative estimate of drug-likeness (QED) is 0.325. The summed E-state index contributed by atoms with van der Waals surface area (Å²) in [5, 5.41) is 21.4. The van der Waals surface area contributed by atoms with Gasteiger partial charge in [-0.05, 0) is 0 Å². The van der Waals surface area contributed by atoms with Crippen LogP contribution < -0.4 is 0 Å². The average molecular weight is 569 g/mol. The van der Waals surface area contributed by atoms with E-state index < -0.39 is 36.4 Å². The molecule has 0 amide bonds. The van der Waals surface area contributed by atoms with E-state index in [-0.39, 0.29) is 63.4 Å². The van der Waals surface area contributed by atoms with Gasteiger partial charge < -0.3 is 31.7 Å². The van der Waals surface area contributed by atoms with Crippen molar-refractivity contribution in [2.75, 3.05) is 0 Å². The van der Waals surface area contributed by atoms with Crippen molar-refractivity contribution in [3.8, 4) is 0 Å². The number of alkyl halides is 9. The number of rotatable bonds is 0. The summed E-state index contributed by atoms with van der Waals surface area (Å²) >= 11 is 0. The molecule has 0 unspecified atom stereocenters. The van der Waals surface area contributed by atoms with Gasteiger partial charge >= 0.3 is 36.4 Å². The summed E-state index contributed by atoms with van der Waals surface area (Å²) in [5.41, 5.74) is 0. The van der Waals surface area contributed by atoms with E-state index in [4.69, 9.17) is 29.7 Å². The summed E-state index contributed by atoms with van der Waals surface area (Å²) in [6, 6.07) is 0. The Morgan fingerprint density at radius 3 is 0.520 bits per heavy atom. The van der Waals surface area contributed by atoms with Crippen LogP contribution in [0.2, 0.25) is 0 Å². The third-order valence-corrected chi connectivity index (χ3v) is 0.728. The van der Waals surface area contributed by atoms with Crippen LogP contribution in [0.3, 0.4) is 0 Å². The van der Waals surface area contributed by atoms with Crippen LogP contribution in [0.4, 0.5) is 39.5 Å². The van der Waals surface area contributed by atoms with Crippen LogP contribution in [0.25, 0.3) is 0 Å². The summed E-state index contributed by atoms with van der Waals surface area (Å²) in [4.78, 5) is 26.7. The topological polar surface area (TPSA) is 206 Å². The van der Waals surface area contributed by atoms with Crippen molar-refractivity contribution in [2.45, 2.75) is 18.5 Å². The average Bonchev–Trinajstić information content (AvgIpc) is 2.14. The normalized spacial score (nSPS) is 9.48. The fourth-order valence-electron chi connectivity index (χ4n) is 0. The Labute approximate surface area is 168 Å². The zero-order valence-electron chi connectivity index (χ0n) is 10.7. The van der Waals surface area contributed by atoms with Crippen LogP contribution in [0.15, 0.2) is 0 Å². The van der Waals surface area contributed by atoms with Gasteiger partial charge in [0.05, 0.1) is 0 Å². The van der Waals surface area contributed by atoms with Gasteiger partial charge in [-0.3, -0.25) is 0 Å². The summed E-state index contributed by atoms with van der Waals surface area (Å²) in [7, 11) is 0. The van der Waals surface area contributed by atoms with Crippen LogP contribution in [0, 0.1) is 46.9 Å². The Balaban J connectivity index is -0.0000000360. The van der Waals surface area contributed by atoms with Crippen molar-refractivity contribution >= 4 is 17.9 Å². The SMILES string of the molecule is O.O.O.O=C(O)C(F)(F)F.O=C(O)C(F)(F)F.O=C(O)C(F)(F)F.[Yb]. The molecular weight excluding hydrogens is 560 g/mol. The molecule has 9 nitrogen and oxygen atoms in total. The molecule has 0 radical (unpaired) electrons. The molecule has 0 atom stereocenters. The summed E-state index contributed by atoms with van der Waals surface area (Å²) < 4.78 is 95.2. The number of carboxylic acid groups (broad SMARTS) is 3. The van der Waals surface area contributed by atoms with E-state index in [2.05, 4.69) is 0 Å². The second-order valence-electron chi connectivity index (χ2n) is 2.41. The van der Waals surface area contributed by atoms with Gasteiger partial charge in [-0.15, -0.1) is 0 Å². The molecule has 0 aromatic heterocycles. The van der Waals surface area contributed by atoms with Crippen molar-refractivity contribution in [3.63, 3.8) is 0 Å². The number of aliphatic carboxylic acids is 3. The molecule has 0 saturated heterocycles. The smallest absolute Gasteiger partial charge is 0.475 e. The van der Waals surface area contributed by atoms with Crippen molar-refractivity contribution in [2.24, 2.45) is 0 Å². The van der Waals surface area contributed by atoms with E-state index in [0.29, 0.717) is 0 Å². The van der Waals surface area contributed by atoms with Gasteiger partial charge in [0.25, 0.3) is 0 Å². The van der Waals surface area contributed by atoms with E-state index >= 15 is 0 Å². The molecule has 0 heterocycles. The molecule has 0 aromatic rings. The van der Waals surface area contributed by atoms with E-state index in [1.807, 2.05) is 0 Å². The summed E-state index contributed by atoms with van der Waals surface area (Å²) in [5.74, 6) is -8.27. The van der Waals surface area contributed by atoms with Gasteiger partial charge in [-0.2, -0.15) is 39.5 Å². The number of carbonyl (C=O) groups is 3. The van der Waals surface area contributed by atoms with Crippen molar-refractivity contribution in [1.29, 1.82) is 0 Å². The number of hydrogen-bond donors (Lipinski definition) is 3. The van der Waals surface area contributed by atoms with Crippen LogP contribution >= 0.6 is 0 Å². The minimum absolute atomic E-state index is 0. The minimum Gasteiger partial charge on any atom is -0.475 e. The molecule has 0 aliphatic carbocycles. The molecule has 0 aromatic carbocycles. The van der Waals surface area contributed by atoms with Crippen LogP contribution in [-0.4, -0.2) is 68.2 Å². The third-order valence-electron chi connectivity index (χ3n) is 0.728. The second kappa shape index (κ2) is 16.6. The molecule has 0 rings (SSSR count). The van der Waals surface area contributed by atoms with Crippen molar-refractivity contribution in [3.05, 3.63) is 0 Å². The molecule has 19 heteroatoms. The summed E-state index contributed by atoms with van der Waals surface area (Å²) in [6.45, 7) is 0. The zero-order chi connectivity index (χ0) is 18.2. The molecule has 164 valence electrons. The van der Waals surface area contributed by atoms with E-state index in [1.54, 1.807) is 0 Å². The predicted molar refractivity (Wildman–Crippen MR) is 51.9 cm³/mol. The molecule has 9 N–H and O–H groups in total. The number of carboxylic acids is 3. The minimum atomic E-state index is -5.08. The zero-order valence-corrected chi connectivity index (χ0v) is 12.5. The van der Waals surface area contributed by atoms with Crippen molar-refractivity contribution < 1.29 is 133 Å². The maximum absolute atomic E-state index is 10.6. The predicted octanol–water partition coefficient (Wildman–Crippen LogP) is -0.574. The first-order chi connectivity index (χ1) is 8.83. The van der Waals surface area contributed by atoms with E-state index in [1.165, 1.54) is 0 Å². The maximum atomic E-state index is 10.6. The third kappa shape index (κ3) is 35.2. The Kier molecular flexibility index (Phi) is 29.3. The number of halogens is 9. The molecule has 0 fully saturated rings. The van der Waals surface area contributed by atoms with Gasteiger partial charge in [0.2, 0.25) is 0 Å². The fourth-order valence-corrected chi connectivity index (χ4v) is 0. The largest absolute Gasteiger partial charge is 0.490 e. The van der Waals surface area contributed by atoms with Gasteiger partial charge in [0, 0.05) is 46.9 Å². The molecule has 0 saturated carbocycles. The fraction of sp³-hybridized carbons (Fsp3) is 0.500. The van der Waals surface area contributed by atoms with Gasteiger partial charge in [-0.1, -0.05) is 0 Å². The maximum Gasteiger partial charge on any atom is 0.490 e. The molecule has 0 bridgehead atoms. The standard InChI is InChI=1S/3C2HF3O2.3H2O.Yb/c3*3-2(4,5)1(6)7;;;;/h3*(H,6,7);3*1H2;. The van der Waals surface area contributed by atoms with E-state index in [0.717, 1.165) is 0 Å². The number of hydrogen-bond acceptors (Lipinski definition) is 3. The molecule has 0 aliphatic rings. The Hall–Kier alpha value is -0.821. The Morgan fingerprint density at radius 1 is 0.480 bits per heavy atom. The molecule has 25 heavy (non-hydrogen) atoms. The first-order valence-corrected chi connectivity index (χ1v) is 3.73. The van der Waals surface area contributed by atoms with Gasteiger partial charge in [0.15, 0.2) is 0 Å². The first-order valence-electron chi connectivity index (χ1n) is 3.73. The second-order valence-corrected chi connectivity index (χ2v) is 2.41. The monoisotopic (exact) mass is 570 g/mol. The molecule has 0 aliphatic heterocycles. The Morgan fingerprint density at radius 2 is 0.520 bits per heavy atom. The molecule has 0 spiro atoms. The van der Waals surface area contributed by atoms with Crippen LogP contribution in [0.1, 0.15) is 0 Å². The van der Waals surface area contributed by atoms with Crippen LogP contribution in [0.5, 0.6) is 0 Å². The van der Waals surface area contributed by atoms with Crippen LogP contribution in [-0.2, 0) is 14.4 Å². The Bertz CT molecular complexity index is 318. The van der Waals surface area contributed by atoms with Gasteiger partial charge in [0.1, 0.15) is 0 Å². The molecular formula is C6H9F9O9Yb. The summed E-state index contributed by atoms with van der Waals surface area (Å²) in [6.07, 6.45) is -15.3. The van der Waals surface area contributed by atoms with Crippen molar-refractivity contribution in [1.82, 2.24) is 0 Å². The van der Waals surface area contributed by atoms with Gasteiger partial charge in [-0.25, -0.2) is 14.4 Å². The van der Waals surface area contributed by atoms with E-state index in [9.17, 15) is 39.5 Å². The first kappa shape index (κ1) is 44.0.